The van der Waals surface area contributed by atoms with Crippen molar-refractivity contribution in [2.75, 3.05) is 5.73 Å². The lowest BCUT2D eigenvalue weighted by molar-refractivity contribution is -0.275. The van der Waals surface area contributed by atoms with Gasteiger partial charge in [-0.2, -0.15) is 0 Å². The van der Waals surface area contributed by atoms with Crippen LogP contribution in [-0.4, -0.2) is 26.2 Å². The largest absolute Gasteiger partial charge is 0.573 e. The molecule has 1 aliphatic heterocycles. The molecule has 0 amide bonds. The van der Waals surface area contributed by atoms with Gasteiger partial charge in [0.05, 0.1) is 11.2 Å². The zero-order chi connectivity index (χ0) is 22.3. The maximum atomic E-state index is 12.7. The van der Waals surface area contributed by atoms with E-state index in [0.717, 1.165) is 27.7 Å². The molecule has 32 heavy (non-hydrogen) atoms. The Balaban J connectivity index is 1.40. The van der Waals surface area contributed by atoms with Gasteiger partial charge in [0, 0.05) is 47.9 Å². The van der Waals surface area contributed by atoms with Gasteiger partial charge in [-0.1, -0.05) is 36.4 Å². The molecular formula is C23H18F3N5O. The van der Waals surface area contributed by atoms with E-state index in [-0.39, 0.29) is 12.3 Å². The molecule has 4 aromatic rings. The van der Waals surface area contributed by atoms with Gasteiger partial charge < -0.3 is 10.5 Å². The van der Waals surface area contributed by atoms with Crippen LogP contribution in [0.3, 0.4) is 0 Å². The minimum atomic E-state index is -4.75. The SMILES string of the molecule is Nc1nc(-c2cnc3ccccc3c2)nc2c1CN(Cc1ccccc1OC(F)(F)F)C2. The number of para-hydroxylation sites is 2. The van der Waals surface area contributed by atoms with Crippen LogP contribution >= 0.6 is 0 Å². The Bertz CT molecular complexity index is 1310. The van der Waals surface area contributed by atoms with E-state index in [4.69, 9.17) is 5.73 Å². The number of benzene rings is 2. The molecule has 0 spiro atoms. The van der Waals surface area contributed by atoms with E-state index >= 15 is 0 Å². The number of nitrogen functional groups attached to an aromatic ring is 1. The Morgan fingerprint density at radius 1 is 1.00 bits per heavy atom. The van der Waals surface area contributed by atoms with E-state index in [9.17, 15) is 13.2 Å². The van der Waals surface area contributed by atoms with Gasteiger partial charge in [0.1, 0.15) is 11.6 Å². The van der Waals surface area contributed by atoms with Crippen LogP contribution in [0.5, 0.6) is 5.75 Å². The second-order valence-electron chi connectivity index (χ2n) is 7.58. The Morgan fingerprint density at radius 3 is 2.62 bits per heavy atom. The summed E-state index contributed by atoms with van der Waals surface area (Å²) in [5.74, 6) is 0.626. The summed E-state index contributed by atoms with van der Waals surface area (Å²) in [7, 11) is 0. The van der Waals surface area contributed by atoms with Crippen LogP contribution in [0.2, 0.25) is 0 Å². The number of aromatic nitrogens is 3. The summed E-state index contributed by atoms with van der Waals surface area (Å²) in [5, 5.41) is 0.968. The first-order valence-corrected chi connectivity index (χ1v) is 9.92. The van der Waals surface area contributed by atoms with Gasteiger partial charge >= 0.3 is 6.36 Å². The number of hydrogen-bond acceptors (Lipinski definition) is 6. The fourth-order valence-corrected chi connectivity index (χ4v) is 3.88. The number of hydrogen-bond donors (Lipinski definition) is 1. The minimum absolute atomic E-state index is 0.210. The molecule has 0 saturated carbocycles. The van der Waals surface area contributed by atoms with Gasteiger partial charge in [-0.15, -0.1) is 13.2 Å². The zero-order valence-corrected chi connectivity index (χ0v) is 16.8. The fraction of sp³-hybridized carbons (Fsp3) is 0.174. The number of rotatable bonds is 4. The average molecular weight is 437 g/mol. The van der Waals surface area contributed by atoms with E-state index in [1.807, 2.05) is 35.2 Å². The van der Waals surface area contributed by atoms with Gasteiger partial charge in [0.15, 0.2) is 5.82 Å². The highest BCUT2D eigenvalue weighted by molar-refractivity contribution is 5.82. The number of alkyl halides is 3. The van der Waals surface area contributed by atoms with Crippen molar-refractivity contribution >= 4 is 16.7 Å². The minimum Gasteiger partial charge on any atom is -0.405 e. The molecule has 0 saturated heterocycles. The van der Waals surface area contributed by atoms with Gasteiger partial charge in [0.2, 0.25) is 0 Å². The van der Waals surface area contributed by atoms with Crippen molar-refractivity contribution in [3.63, 3.8) is 0 Å². The van der Waals surface area contributed by atoms with E-state index in [0.29, 0.717) is 30.3 Å². The van der Waals surface area contributed by atoms with E-state index < -0.39 is 6.36 Å². The number of anilines is 1. The van der Waals surface area contributed by atoms with Crippen molar-refractivity contribution < 1.29 is 17.9 Å². The molecule has 2 aromatic heterocycles. The first-order chi connectivity index (χ1) is 15.4. The van der Waals surface area contributed by atoms with Gasteiger partial charge in [0.25, 0.3) is 0 Å². The summed E-state index contributed by atoms with van der Waals surface area (Å²) >= 11 is 0. The normalized spacial score (nSPS) is 14.0. The predicted octanol–water partition coefficient (Wildman–Crippen LogP) is 4.69. The van der Waals surface area contributed by atoms with Crippen molar-refractivity contribution in [2.24, 2.45) is 0 Å². The van der Waals surface area contributed by atoms with Crippen LogP contribution in [-0.2, 0) is 19.6 Å². The Kier molecular flexibility index (Phi) is 4.90. The fourth-order valence-electron chi connectivity index (χ4n) is 3.88. The third-order valence-electron chi connectivity index (χ3n) is 5.32. The number of pyridine rings is 1. The third kappa shape index (κ3) is 4.06. The second-order valence-corrected chi connectivity index (χ2v) is 7.58. The van der Waals surface area contributed by atoms with Crippen LogP contribution in [0.15, 0.2) is 60.8 Å². The summed E-state index contributed by atoms with van der Waals surface area (Å²) in [5.41, 5.74) is 9.82. The van der Waals surface area contributed by atoms with Gasteiger partial charge in [-0.25, -0.2) is 9.97 Å². The smallest absolute Gasteiger partial charge is 0.405 e. The van der Waals surface area contributed by atoms with Gasteiger partial charge in [-0.05, 0) is 18.2 Å². The van der Waals surface area contributed by atoms with Crippen molar-refractivity contribution in [3.8, 4) is 17.1 Å². The first kappa shape index (κ1) is 20.2. The lowest BCUT2D eigenvalue weighted by Gasteiger charge is -2.18. The molecule has 2 N–H and O–H groups in total. The topological polar surface area (TPSA) is 77.2 Å². The van der Waals surface area contributed by atoms with Crippen LogP contribution < -0.4 is 10.5 Å². The Morgan fingerprint density at radius 2 is 1.78 bits per heavy atom. The molecule has 3 heterocycles. The third-order valence-corrected chi connectivity index (χ3v) is 5.32. The van der Waals surface area contributed by atoms with E-state index in [1.54, 1.807) is 18.3 Å². The number of fused-ring (bicyclic) bond motifs is 2. The van der Waals surface area contributed by atoms with Crippen molar-refractivity contribution in [2.45, 2.75) is 26.0 Å². The quantitative estimate of drug-likeness (QED) is 0.499. The molecule has 1 aliphatic rings. The maximum absolute atomic E-state index is 12.7. The molecule has 0 bridgehead atoms. The molecule has 0 fully saturated rings. The summed E-state index contributed by atoms with van der Waals surface area (Å²) in [6.45, 7) is 1.14. The monoisotopic (exact) mass is 437 g/mol. The molecule has 6 nitrogen and oxygen atoms in total. The molecule has 162 valence electrons. The molecule has 0 atom stereocenters. The first-order valence-electron chi connectivity index (χ1n) is 9.92. The van der Waals surface area contributed by atoms with Crippen LogP contribution in [0.1, 0.15) is 16.8 Å². The lowest BCUT2D eigenvalue weighted by Crippen LogP contribution is -2.21. The van der Waals surface area contributed by atoms with Crippen LogP contribution in [0, 0.1) is 0 Å². The van der Waals surface area contributed by atoms with Crippen molar-refractivity contribution in [3.05, 3.63) is 77.6 Å². The predicted molar refractivity (Wildman–Crippen MR) is 113 cm³/mol. The molecular weight excluding hydrogens is 419 g/mol. The second kappa shape index (κ2) is 7.76. The summed E-state index contributed by atoms with van der Waals surface area (Å²) in [4.78, 5) is 15.5. The molecule has 2 aromatic carbocycles. The molecule has 5 rings (SSSR count). The highest BCUT2D eigenvalue weighted by atomic mass is 19.4. The highest BCUT2D eigenvalue weighted by Crippen LogP contribution is 2.32. The van der Waals surface area contributed by atoms with E-state index in [2.05, 4.69) is 19.7 Å². The number of halogens is 3. The number of nitrogens with two attached hydrogens (primary N) is 1. The number of nitrogens with zero attached hydrogens (tertiary/aromatic N) is 4. The van der Waals surface area contributed by atoms with Crippen molar-refractivity contribution in [1.29, 1.82) is 0 Å². The van der Waals surface area contributed by atoms with Gasteiger partial charge in [-0.3, -0.25) is 9.88 Å². The molecule has 0 radical (unpaired) electrons. The van der Waals surface area contributed by atoms with E-state index in [1.165, 1.54) is 12.1 Å². The zero-order valence-electron chi connectivity index (χ0n) is 16.8. The van der Waals surface area contributed by atoms with Crippen molar-refractivity contribution in [1.82, 2.24) is 19.9 Å². The molecule has 0 aliphatic carbocycles. The standard InChI is InChI=1S/C23H18F3N5O/c24-23(25,26)32-20-8-4-2-6-15(20)11-31-12-17-19(13-31)29-22(30-21(17)27)16-9-14-5-1-3-7-18(14)28-10-16/h1-10H,11-13H2,(H2,27,29,30). The summed E-state index contributed by atoms with van der Waals surface area (Å²) in [6.07, 6.45) is -3.04. The number of ether oxygens (including phenoxy) is 1. The highest BCUT2D eigenvalue weighted by Gasteiger charge is 2.32. The maximum Gasteiger partial charge on any atom is 0.573 e. The van der Waals surface area contributed by atoms with Crippen LogP contribution in [0.25, 0.3) is 22.3 Å². The summed E-state index contributed by atoms with van der Waals surface area (Å²) < 4.78 is 42.4. The van der Waals surface area contributed by atoms with Crippen LogP contribution in [0.4, 0.5) is 19.0 Å². The Labute approximate surface area is 181 Å². The molecule has 0 unspecified atom stereocenters. The molecule has 9 heteroatoms. The summed E-state index contributed by atoms with van der Waals surface area (Å²) in [6, 6.07) is 15.8. The average Bonchev–Trinajstić information content (AvgIpc) is 3.17. The lowest BCUT2D eigenvalue weighted by atomic mass is 10.1. The Hall–Kier alpha value is -3.72.